The van der Waals surface area contributed by atoms with E-state index in [1.807, 2.05) is 31.2 Å². The third-order valence-corrected chi connectivity index (χ3v) is 4.62. The largest absolute Gasteiger partial charge is 0.478 e. The van der Waals surface area contributed by atoms with Crippen LogP contribution in [0.5, 0.6) is 0 Å². The number of carbonyl (C=O) groups excluding carboxylic acids is 1. The molecule has 0 unspecified atom stereocenters. The van der Waals surface area contributed by atoms with Gasteiger partial charge in [0, 0.05) is 19.6 Å². The molecule has 2 aromatic rings. The van der Waals surface area contributed by atoms with Crippen LogP contribution in [0.25, 0.3) is 0 Å². The first-order valence-electron chi connectivity index (χ1n) is 8.50. The highest BCUT2D eigenvalue weighted by Gasteiger charge is 2.31. The van der Waals surface area contributed by atoms with Gasteiger partial charge in [-0.1, -0.05) is 42.5 Å². The van der Waals surface area contributed by atoms with E-state index in [0.29, 0.717) is 26.1 Å². The van der Waals surface area contributed by atoms with Crippen molar-refractivity contribution in [2.75, 3.05) is 6.54 Å². The van der Waals surface area contributed by atoms with Gasteiger partial charge in [-0.3, -0.25) is 9.69 Å². The molecule has 1 amide bonds. The smallest absolute Gasteiger partial charge is 0.336 e. The summed E-state index contributed by atoms with van der Waals surface area (Å²) in [7, 11) is 0. The summed E-state index contributed by atoms with van der Waals surface area (Å²) in [6, 6.07) is 14.8. The summed E-state index contributed by atoms with van der Waals surface area (Å²) in [4.78, 5) is 26.1. The predicted octanol–water partition coefficient (Wildman–Crippen LogP) is 2.45. The third kappa shape index (κ3) is 3.72. The van der Waals surface area contributed by atoms with E-state index in [9.17, 15) is 14.7 Å². The molecule has 0 aliphatic carbocycles. The number of aromatic carboxylic acids is 1. The van der Waals surface area contributed by atoms with Crippen molar-refractivity contribution in [2.24, 2.45) is 0 Å². The molecule has 5 nitrogen and oxygen atoms in total. The average molecular weight is 338 g/mol. The number of benzene rings is 2. The minimum absolute atomic E-state index is 0.00944. The lowest BCUT2D eigenvalue weighted by atomic mass is 9.92. The number of amides is 1. The monoisotopic (exact) mass is 338 g/mol. The Morgan fingerprint density at radius 3 is 2.52 bits per heavy atom. The van der Waals surface area contributed by atoms with Gasteiger partial charge in [-0.05, 0) is 36.1 Å². The van der Waals surface area contributed by atoms with E-state index < -0.39 is 5.97 Å². The van der Waals surface area contributed by atoms with Crippen molar-refractivity contribution in [3.63, 3.8) is 0 Å². The number of hydrogen-bond acceptors (Lipinski definition) is 3. The number of hydrogen-bond donors (Lipinski definition) is 2. The van der Waals surface area contributed by atoms with E-state index in [2.05, 4.69) is 22.3 Å². The Morgan fingerprint density at radius 2 is 1.80 bits per heavy atom. The summed E-state index contributed by atoms with van der Waals surface area (Å²) in [5.41, 5.74) is 3.39. The summed E-state index contributed by atoms with van der Waals surface area (Å²) in [6.07, 6.45) is 0.636. The van der Waals surface area contributed by atoms with Gasteiger partial charge in [0.05, 0.1) is 11.6 Å². The summed E-state index contributed by atoms with van der Waals surface area (Å²) >= 11 is 0. The molecule has 130 valence electrons. The molecular formula is C20H22N2O3. The van der Waals surface area contributed by atoms with Crippen LogP contribution in [0.1, 0.15) is 34.0 Å². The number of carbonyl (C=O) groups is 2. The fourth-order valence-corrected chi connectivity index (χ4v) is 3.38. The van der Waals surface area contributed by atoms with Crippen LogP contribution in [0.15, 0.2) is 48.5 Å². The lowest BCUT2D eigenvalue weighted by molar-refractivity contribution is -0.127. The number of nitrogens with zero attached hydrogens (tertiary/aromatic N) is 1. The molecule has 0 bridgehead atoms. The van der Waals surface area contributed by atoms with E-state index in [1.54, 1.807) is 12.1 Å². The van der Waals surface area contributed by atoms with Crippen LogP contribution in [0.3, 0.4) is 0 Å². The maximum absolute atomic E-state index is 12.6. The Labute approximate surface area is 147 Å². The van der Waals surface area contributed by atoms with Gasteiger partial charge >= 0.3 is 5.97 Å². The number of carboxylic acid groups (broad SMARTS) is 1. The molecule has 25 heavy (non-hydrogen) atoms. The second kappa shape index (κ2) is 7.49. The lowest BCUT2D eigenvalue weighted by Gasteiger charge is -2.36. The van der Waals surface area contributed by atoms with Crippen molar-refractivity contribution in [3.8, 4) is 0 Å². The summed E-state index contributed by atoms with van der Waals surface area (Å²) in [6.45, 7) is 3.54. The first-order chi connectivity index (χ1) is 12.1. The molecule has 1 aliphatic rings. The minimum Gasteiger partial charge on any atom is -0.478 e. The van der Waals surface area contributed by atoms with Crippen LogP contribution >= 0.6 is 0 Å². The third-order valence-electron chi connectivity index (χ3n) is 4.62. The summed E-state index contributed by atoms with van der Waals surface area (Å²) < 4.78 is 0. The lowest BCUT2D eigenvalue weighted by Crippen LogP contribution is -2.49. The first kappa shape index (κ1) is 17.2. The van der Waals surface area contributed by atoms with Crippen LogP contribution in [-0.4, -0.2) is 34.5 Å². The molecule has 0 saturated carbocycles. The zero-order chi connectivity index (χ0) is 17.8. The summed E-state index contributed by atoms with van der Waals surface area (Å²) in [5.74, 6) is -0.952. The van der Waals surface area contributed by atoms with Gasteiger partial charge in [-0.15, -0.1) is 0 Å². The highest BCUT2D eigenvalue weighted by molar-refractivity contribution is 5.89. The molecule has 1 atom stereocenters. The van der Waals surface area contributed by atoms with Gasteiger partial charge in [-0.2, -0.15) is 0 Å². The van der Waals surface area contributed by atoms with Gasteiger partial charge in [-0.25, -0.2) is 4.79 Å². The highest BCUT2D eigenvalue weighted by Crippen LogP contribution is 2.26. The Kier molecular flexibility index (Phi) is 5.14. The van der Waals surface area contributed by atoms with E-state index in [1.165, 1.54) is 11.1 Å². The van der Waals surface area contributed by atoms with E-state index in [4.69, 9.17) is 0 Å². The van der Waals surface area contributed by atoms with E-state index >= 15 is 0 Å². The van der Waals surface area contributed by atoms with Crippen LogP contribution in [0.4, 0.5) is 0 Å². The van der Waals surface area contributed by atoms with Crippen molar-refractivity contribution in [1.82, 2.24) is 10.2 Å². The molecule has 0 saturated heterocycles. The van der Waals surface area contributed by atoms with Gasteiger partial charge in [0.1, 0.15) is 0 Å². The number of carboxylic acids is 1. The molecule has 0 spiro atoms. The molecule has 0 aromatic heterocycles. The fraction of sp³-hybridized carbons (Fsp3) is 0.300. The topological polar surface area (TPSA) is 69.6 Å². The molecule has 3 rings (SSSR count). The highest BCUT2D eigenvalue weighted by atomic mass is 16.4. The maximum Gasteiger partial charge on any atom is 0.336 e. The minimum atomic E-state index is -0.942. The van der Waals surface area contributed by atoms with Crippen molar-refractivity contribution >= 4 is 11.9 Å². The summed E-state index contributed by atoms with van der Waals surface area (Å²) in [5, 5.41) is 12.3. The molecule has 1 aliphatic heterocycles. The SMILES string of the molecule is CCNC(=O)[C@H]1Cc2ccccc2CN1Cc1ccccc1C(=O)O. The van der Waals surface area contributed by atoms with Crippen LogP contribution in [0, 0.1) is 0 Å². The number of rotatable bonds is 5. The van der Waals surface area contributed by atoms with Crippen molar-refractivity contribution in [3.05, 3.63) is 70.8 Å². The van der Waals surface area contributed by atoms with Crippen molar-refractivity contribution < 1.29 is 14.7 Å². The van der Waals surface area contributed by atoms with Gasteiger partial charge < -0.3 is 10.4 Å². The Hall–Kier alpha value is -2.66. The number of nitrogens with one attached hydrogen (secondary N) is 1. The number of fused-ring (bicyclic) bond motifs is 1. The average Bonchev–Trinajstić information content (AvgIpc) is 2.61. The molecule has 2 N–H and O–H groups in total. The molecule has 5 heteroatoms. The Bertz CT molecular complexity index is 788. The van der Waals surface area contributed by atoms with Gasteiger partial charge in [0.2, 0.25) is 5.91 Å². The van der Waals surface area contributed by atoms with Gasteiger partial charge in [0.25, 0.3) is 0 Å². The second-order valence-corrected chi connectivity index (χ2v) is 6.25. The van der Waals surface area contributed by atoms with E-state index in [-0.39, 0.29) is 17.5 Å². The quantitative estimate of drug-likeness (QED) is 0.879. The fourth-order valence-electron chi connectivity index (χ4n) is 3.38. The molecule has 0 radical (unpaired) electrons. The zero-order valence-electron chi connectivity index (χ0n) is 14.2. The molecule has 1 heterocycles. The zero-order valence-corrected chi connectivity index (χ0v) is 14.2. The Balaban J connectivity index is 1.92. The van der Waals surface area contributed by atoms with Crippen molar-refractivity contribution in [1.29, 1.82) is 0 Å². The molecular weight excluding hydrogens is 316 g/mol. The van der Waals surface area contributed by atoms with Gasteiger partial charge in [0.15, 0.2) is 0 Å². The number of likely N-dealkylation sites (N-methyl/N-ethyl adjacent to an activating group) is 1. The standard InChI is InChI=1S/C20H22N2O3/c1-2-21-19(23)18-11-14-7-3-4-8-15(14)12-22(18)13-16-9-5-6-10-17(16)20(24)25/h3-10,18H,2,11-13H2,1H3,(H,21,23)(H,24,25)/t18-/m1/s1. The predicted molar refractivity (Wildman–Crippen MR) is 95.3 cm³/mol. The second-order valence-electron chi connectivity index (χ2n) is 6.25. The van der Waals surface area contributed by atoms with E-state index in [0.717, 1.165) is 5.56 Å². The van der Waals surface area contributed by atoms with Crippen LogP contribution < -0.4 is 5.32 Å². The first-order valence-corrected chi connectivity index (χ1v) is 8.50. The molecule has 2 aromatic carbocycles. The van der Waals surface area contributed by atoms with Crippen LogP contribution in [0.2, 0.25) is 0 Å². The maximum atomic E-state index is 12.6. The molecule has 0 fully saturated rings. The normalized spacial score (nSPS) is 16.9. The Morgan fingerprint density at radius 1 is 1.12 bits per heavy atom. The van der Waals surface area contributed by atoms with Crippen molar-refractivity contribution in [2.45, 2.75) is 32.5 Å². The van der Waals surface area contributed by atoms with Crippen LogP contribution in [-0.2, 0) is 24.3 Å².